The lowest BCUT2D eigenvalue weighted by atomic mass is 10.2. The summed E-state index contributed by atoms with van der Waals surface area (Å²) in [5.41, 5.74) is 1.60. The van der Waals surface area contributed by atoms with Gasteiger partial charge in [-0.15, -0.1) is 0 Å². The molecule has 0 saturated carbocycles. The van der Waals surface area contributed by atoms with Crippen LogP contribution in [0.1, 0.15) is 0 Å². The summed E-state index contributed by atoms with van der Waals surface area (Å²) in [6, 6.07) is 17.0. The van der Waals surface area contributed by atoms with E-state index in [9.17, 15) is 0 Å². The van der Waals surface area contributed by atoms with E-state index < -0.39 is 0 Å². The molecule has 0 fully saturated rings. The maximum absolute atomic E-state index is 5.47. The number of nitrogens with one attached hydrogen (secondary N) is 1. The van der Waals surface area contributed by atoms with Crippen LogP contribution in [0.5, 0.6) is 11.5 Å². The third-order valence-electron chi connectivity index (χ3n) is 4.01. The first kappa shape index (κ1) is 16.0. The second-order valence-corrected chi connectivity index (χ2v) is 5.58. The molecule has 26 heavy (non-hydrogen) atoms. The van der Waals surface area contributed by atoms with Gasteiger partial charge in [0.2, 0.25) is 0 Å². The largest absolute Gasteiger partial charge is 0.497 e. The summed E-state index contributed by atoms with van der Waals surface area (Å²) < 4.78 is 16.2. The molecule has 4 aromatic rings. The van der Waals surface area contributed by atoms with E-state index >= 15 is 0 Å². The van der Waals surface area contributed by atoms with Gasteiger partial charge in [-0.1, -0.05) is 12.1 Å². The Morgan fingerprint density at radius 1 is 0.923 bits per heavy atom. The third kappa shape index (κ3) is 2.93. The van der Waals surface area contributed by atoms with Crippen molar-refractivity contribution in [2.75, 3.05) is 19.5 Å². The quantitative estimate of drug-likeness (QED) is 0.567. The number of nitrogens with zero attached hydrogens (tertiary/aromatic N) is 2. The van der Waals surface area contributed by atoms with Crippen LogP contribution in [-0.4, -0.2) is 24.2 Å². The van der Waals surface area contributed by atoms with Crippen molar-refractivity contribution in [3.63, 3.8) is 0 Å². The standard InChI is InChI=1S/C20H17N3O3/c1-24-13-9-10-16(18(12-13)25-2)22-19-14-6-3-4-7-15(14)21-20(23-19)17-8-5-11-26-17/h3-12H,1-2H3,(H,21,22,23). The Bertz CT molecular complexity index is 1050. The van der Waals surface area contributed by atoms with Crippen LogP contribution in [0, 0.1) is 0 Å². The highest BCUT2D eigenvalue weighted by molar-refractivity contribution is 5.92. The molecule has 2 aromatic heterocycles. The molecule has 0 atom stereocenters. The van der Waals surface area contributed by atoms with E-state index in [2.05, 4.69) is 15.3 Å². The van der Waals surface area contributed by atoms with Crippen molar-refractivity contribution < 1.29 is 13.9 Å². The molecule has 0 aliphatic heterocycles. The molecule has 2 heterocycles. The van der Waals surface area contributed by atoms with Gasteiger partial charge in [0.25, 0.3) is 0 Å². The summed E-state index contributed by atoms with van der Waals surface area (Å²) in [6.07, 6.45) is 1.60. The van der Waals surface area contributed by atoms with E-state index in [-0.39, 0.29) is 0 Å². The summed E-state index contributed by atoms with van der Waals surface area (Å²) in [5.74, 6) is 3.18. The van der Waals surface area contributed by atoms with Crippen LogP contribution in [0.2, 0.25) is 0 Å². The Morgan fingerprint density at radius 2 is 1.81 bits per heavy atom. The van der Waals surface area contributed by atoms with Crippen LogP contribution < -0.4 is 14.8 Å². The van der Waals surface area contributed by atoms with Crippen LogP contribution >= 0.6 is 0 Å². The van der Waals surface area contributed by atoms with Gasteiger partial charge in [0.15, 0.2) is 11.6 Å². The number of aromatic nitrogens is 2. The van der Waals surface area contributed by atoms with Crippen LogP contribution in [0.3, 0.4) is 0 Å². The van der Waals surface area contributed by atoms with E-state index in [0.29, 0.717) is 23.2 Å². The van der Waals surface area contributed by atoms with Gasteiger partial charge in [-0.05, 0) is 36.4 Å². The lowest BCUT2D eigenvalue weighted by molar-refractivity contribution is 0.395. The molecule has 0 aliphatic rings. The predicted octanol–water partition coefficient (Wildman–Crippen LogP) is 4.65. The third-order valence-corrected chi connectivity index (χ3v) is 4.01. The van der Waals surface area contributed by atoms with E-state index in [1.165, 1.54) is 0 Å². The number of rotatable bonds is 5. The van der Waals surface area contributed by atoms with Gasteiger partial charge in [-0.2, -0.15) is 0 Å². The molecule has 1 N–H and O–H groups in total. The van der Waals surface area contributed by atoms with Gasteiger partial charge >= 0.3 is 0 Å². The molecule has 0 spiro atoms. The fraction of sp³-hybridized carbons (Fsp3) is 0.100. The first-order valence-electron chi connectivity index (χ1n) is 8.08. The fourth-order valence-electron chi connectivity index (χ4n) is 2.72. The molecule has 0 saturated heterocycles. The minimum absolute atomic E-state index is 0.517. The monoisotopic (exact) mass is 347 g/mol. The molecule has 0 unspecified atom stereocenters. The number of hydrogen-bond donors (Lipinski definition) is 1. The molecule has 6 heteroatoms. The number of para-hydroxylation sites is 1. The van der Waals surface area contributed by atoms with Crippen LogP contribution in [0.15, 0.2) is 65.3 Å². The van der Waals surface area contributed by atoms with E-state index in [1.54, 1.807) is 20.5 Å². The van der Waals surface area contributed by atoms with Crippen molar-refractivity contribution in [2.45, 2.75) is 0 Å². The summed E-state index contributed by atoms with van der Waals surface area (Å²) >= 11 is 0. The number of methoxy groups -OCH3 is 2. The smallest absolute Gasteiger partial charge is 0.198 e. The molecular formula is C20H17N3O3. The van der Waals surface area contributed by atoms with Crippen LogP contribution in [-0.2, 0) is 0 Å². The highest BCUT2D eigenvalue weighted by atomic mass is 16.5. The zero-order valence-electron chi connectivity index (χ0n) is 14.4. The van der Waals surface area contributed by atoms with E-state index in [0.717, 1.165) is 22.3 Å². The van der Waals surface area contributed by atoms with Gasteiger partial charge in [0.1, 0.15) is 17.3 Å². The van der Waals surface area contributed by atoms with Crippen molar-refractivity contribution in [1.29, 1.82) is 0 Å². The van der Waals surface area contributed by atoms with Crippen molar-refractivity contribution in [3.05, 3.63) is 60.9 Å². The van der Waals surface area contributed by atoms with Crippen molar-refractivity contribution in [3.8, 4) is 23.1 Å². The molecule has 0 aliphatic carbocycles. The van der Waals surface area contributed by atoms with E-state index in [1.807, 2.05) is 54.6 Å². The minimum Gasteiger partial charge on any atom is -0.497 e. The summed E-state index contributed by atoms with van der Waals surface area (Å²) in [5, 5.41) is 4.25. The van der Waals surface area contributed by atoms with Gasteiger partial charge < -0.3 is 19.2 Å². The second kappa shape index (κ2) is 6.76. The Hall–Kier alpha value is -3.54. The van der Waals surface area contributed by atoms with E-state index in [4.69, 9.17) is 13.9 Å². The number of fused-ring (bicyclic) bond motifs is 1. The van der Waals surface area contributed by atoms with Gasteiger partial charge in [0.05, 0.1) is 31.7 Å². The molecule has 4 rings (SSSR count). The average Bonchev–Trinajstić information content (AvgIpc) is 3.23. The zero-order chi connectivity index (χ0) is 17.9. The van der Waals surface area contributed by atoms with Crippen molar-refractivity contribution in [2.24, 2.45) is 0 Å². The Kier molecular flexibility index (Phi) is 4.15. The molecular weight excluding hydrogens is 330 g/mol. The normalized spacial score (nSPS) is 10.7. The topological polar surface area (TPSA) is 69.4 Å². The Labute approximate surface area is 150 Å². The average molecular weight is 347 g/mol. The number of hydrogen-bond acceptors (Lipinski definition) is 6. The first-order valence-corrected chi connectivity index (χ1v) is 8.08. The number of anilines is 2. The maximum atomic E-state index is 5.47. The Balaban J connectivity index is 1.83. The van der Waals surface area contributed by atoms with Crippen LogP contribution in [0.4, 0.5) is 11.5 Å². The second-order valence-electron chi connectivity index (χ2n) is 5.58. The molecule has 2 aromatic carbocycles. The molecule has 0 bridgehead atoms. The predicted molar refractivity (Wildman–Crippen MR) is 100 cm³/mol. The fourth-order valence-corrected chi connectivity index (χ4v) is 2.72. The summed E-state index contributed by atoms with van der Waals surface area (Å²) in [7, 11) is 3.24. The number of furan rings is 1. The number of benzene rings is 2. The first-order chi connectivity index (χ1) is 12.8. The number of ether oxygens (including phenoxy) is 2. The summed E-state index contributed by atoms with van der Waals surface area (Å²) in [6.45, 7) is 0. The molecule has 0 amide bonds. The van der Waals surface area contributed by atoms with Crippen molar-refractivity contribution in [1.82, 2.24) is 9.97 Å². The molecule has 6 nitrogen and oxygen atoms in total. The van der Waals surface area contributed by atoms with Gasteiger partial charge in [-0.25, -0.2) is 9.97 Å². The van der Waals surface area contributed by atoms with Crippen molar-refractivity contribution >= 4 is 22.4 Å². The lowest BCUT2D eigenvalue weighted by Gasteiger charge is -2.14. The SMILES string of the molecule is COc1ccc(Nc2nc(-c3ccco3)nc3ccccc23)c(OC)c1. The molecule has 130 valence electrons. The van der Waals surface area contributed by atoms with Gasteiger partial charge in [0, 0.05) is 11.5 Å². The maximum Gasteiger partial charge on any atom is 0.198 e. The lowest BCUT2D eigenvalue weighted by Crippen LogP contribution is -2.01. The molecule has 0 radical (unpaired) electrons. The van der Waals surface area contributed by atoms with Crippen LogP contribution in [0.25, 0.3) is 22.5 Å². The minimum atomic E-state index is 0.517. The zero-order valence-corrected chi connectivity index (χ0v) is 14.4. The Morgan fingerprint density at radius 3 is 2.58 bits per heavy atom. The summed E-state index contributed by atoms with van der Waals surface area (Å²) in [4.78, 5) is 9.25. The van der Waals surface area contributed by atoms with Gasteiger partial charge in [-0.3, -0.25) is 0 Å². The highest BCUT2D eigenvalue weighted by Crippen LogP contribution is 2.33. The highest BCUT2D eigenvalue weighted by Gasteiger charge is 2.13.